The van der Waals surface area contributed by atoms with Crippen LogP contribution in [0.5, 0.6) is 11.5 Å². The van der Waals surface area contributed by atoms with Crippen LogP contribution in [0.3, 0.4) is 0 Å². The third-order valence-electron chi connectivity index (χ3n) is 2.69. The van der Waals surface area contributed by atoms with E-state index in [4.69, 9.17) is 9.47 Å². The molecule has 0 fully saturated rings. The summed E-state index contributed by atoms with van der Waals surface area (Å²) in [6.07, 6.45) is 1.51. The minimum Gasteiger partial charge on any atom is -0.493 e. The molecule has 0 N–H and O–H groups in total. The van der Waals surface area contributed by atoms with E-state index in [1.165, 1.54) is 30.0 Å². The van der Waals surface area contributed by atoms with Gasteiger partial charge in [0, 0.05) is 19.3 Å². The minimum absolute atomic E-state index is 0.186. The maximum absolute atomic E-state index is 12.1. The molecule has 1 aromatic heterocycles. The molecule has 0 saturated carbocycles. The molecule has 104 valence electrons. The number of aromatic nitrogens is 1. The van der Waals surface area contributed by atoms with Crippen molar-refractivity contribution in [1.82, 2.24) is 4.57 Å². The van der Waals surface area contributed by atoms with Gasteiger partial charge in [-0.3, -0.25) is 4.79 Å². The Hall–Kier alpha value is -2.08. The van der Waals surface area contributed by atoms with Crippen molar-refractivity contribution in [3.63, 3.8) is 0 Å². The average molecular weight is 338 g/mol. The van der Waals surface area contributed by atoms with Crippen molar-refractivity contribution < 1.29 is 14.3 Å². The standard InChI is InChI=1S/C14H12BrNO4/c1-16-7-6-9(8-12(16)17)14(18)20-13-10(15)4-3-5-11(13)19-2/h3-8H,1-2H3. The van der Waals surface area contributed by atoms with Crippen molar-refractivity contribution in [2.24, 2.45) is 7.05 Å². The van der Waals surface area contributed by atoms with E-state index in [2.05, 4.69) is 15.9 Å². The summed E-state index contributed by atoms with van der Waals surface area (Å²) in [4.78, 5) is 23.6. The predicted octanol–water partition coefficient (Wildman–Crippen LogP) is 2.38. The Bertz CT molecular complexity index is 709. The normalized spacial score (nSPS) is 10.2. The highest BCUT2D eigenvalue weighted by molar-refractivity contribution is 9.10. The summed E-state index contributed by atoms with van der Waals surface area (Å²) in [6.45, 7) is 0. The number of rotatable bonds is 3. The first-order chi connectivity index (χ1) is 9.52. The predicted molar refractivity (Wildman–Crippen MR) is 77.3 cm³/mol. The number of nitrogens with zero attached hydrogens (tertiary/aromatic N) is 1. The first kappa shape index (κ1) is 14.3. The maximum atomic E-state index is 12.1. The lowest BCUT2D eigenvalue weighted by Crippen LogP contribution is -2.19. The zero-order chi connectivity index (χ0) is 14.7. The fourth-order valence-electron chi connectivity index (χ4n) is 1.58. The van der Waals surface area contributed by atoms with Crippen LogP contribution in [0.4, 0.5) is 0 Å². The molecule has 0 spiro atoms. The molecule has 0 aliphatic rings. The molecule has 1 heterocycles. The summed E-state index contributed by atoms with van der Waals surface area (Å²) < 4.78 is 12.4. The van der Waals surface area contributed by atoms with E-state index in [-0.39, 0.29) is 16.9 Å². The van der Waals surface area contributed by atoms with Crippen LogP contribution in [0, 0.1) is 0 Å². The number of hydrogen-bond donors (Lipinski definition) is 0. The molecule has 0 unspecified atom stereocenters. The van der Waals surface area contributed by atoms with Crippen molar-refractivity contribution in [3.8, 4) is 11.5 Å². The van der Waals surface area contributed by atoms with Gasteiger partial charge in [0.1, 0.15) is 0 Å². The highest BCUT2D eigenvalue weighted by Crippen LogP contribution is 2.35. The molecule has 5 nitrogen and oxygen atoms in total. The minimum atomic E-state index is -0.618. The first-order valence-electron chi connectivity index (χ1n) is 5.74. The second kappa shape index (κ2) is 5.92. The molecule has 0 atom stereocenters. The van der Waals surface area contributed by atoms with E-state index >= 15 is 0 Å². The number of esters is 1. The van der Waals surface area contributed by atoms with E-state index in [1.54, 1.807) is 25.2 Å². The van der Waals surface area contributed by atoms with Gasteiger partial charge in [-0.2, -0.15) is 0 Å². The molecule has 0 amide bonds. The molecule has 2 aromatic rings. The van der Waals surface area contributed by atoms with Crippen LogP contribution < -0.4 is 15.0 Å². The molecule has 1 aromatic carbocycles. The summed E-state index contributed by atoms with van der Waals surface area (Å²) >= 11 is 3.29. The molecular weight excluding hydrogens is 326 g/mol. The van der Waals surface area contributed by atoms with Gasteiger partial charge in [-0.25, -0.2) is 4.79 Å². The zero-order valence-electron chi connectivity index (χ0n) is 10.9. The van der Waals surface area contributed by atoms with Crippen LogP contribution in [0.15, 0.2) is 45.8 Å². The third kappa shape index (κ3) is 2.91. The Labute approximate surface area is 123 Å². The summed E-state index contributed by atoms with van der Waals surface area (Å²) in [6, 6.07) is 7.92. The number of carbonyl (C=O) groups excluding carboxylic acids is 1. The summed E-state index contributed by atoms with van der Waals surface area (Å²) in [5.41, 5.74) is -0.0931. The van der Waals surface area contributed by atoms with E-state index in [0.717, 1.165) is 0 Å². The number of carbonyl (C=O) groups is 1. The number of para-hydroxylation sites is 1. The Morgan fingerprint density at radius 1 is 1.30 bits per heavy atom. The summed E-state index contributed by atoms with van der Waals surface area (Å²) in [5, 5.41) is 0. The molecule has 0 bridgehead atoms. The van der Waals surface area contributed by atoms with Gasteiger partial charge >= 0.3 is 5.97 Å². The molecule has 2 rings (SSSR count). The molecule has 0 radical (unpaired) electrons. The Kier molecular flexibility index (Phi) is 4.24. The lowest BCUT2D eigenvalue weighted by molar-refractivity contribution is 0.0728. The Morgan fingerprint density at radius 2 is 2.05 bits per heavy atom. The third-order valence-corrected chi connectivity index (χ3v) is 3.31. The van der Waals surface area contributed by atoms with E-state index in [9.17, 15) is 9.59 Å². The van der Waals surface area contributed by atoms with E-state index in [0.29, 0.717) is 10.2 Å². The molecule has 6 heteroatoms. The number of methoxy groups -OCH3 is 1. The van der Waals surface area contributed by atoms with Gasteiger partial charge in [-0.15, -0.1) is 0 Å². The van der Waals surface area contributed by atoms with Crippen molar-refractivity contribution in [2.45, 2.75) is 0 Å². The number of benzene rings is 1. The van der Waals surface area contributed by atoms with Crippen LogP contribution in [0.1, 0.15) is 10.4 Å². The van der Waals surface area contributed by atoms with Crippen molar-refractivity contribution in [1.29, 1.82) is 0 Å². The lowest BCUT2D eigenvalue weighted by atomic mass is 10.2. The van der Waals surface area contributed by atoms with Crippen LogP contribution in [-0.4, -0.2) is 17.6 Å². The quantitative estimate of drug-likeness (QED) is 0.637. The monoisotopic (exact) mass is 337 g/mol. The maximum Gasteiger partial charge on any atom is 0.343 e. The molecule has 0 saturated heterocycles. The van der Waals surface area contributed by atoms with Crippen LogP contribution in [0.2, 0.25) is 0 Å². The van der Waals surface area contributed by atoms with Gasteiger partial charge in [0.25, 0.3) is 5.56 Å². The highest BCUT2D eigenvalue weighted by atomic mass is 79.9. The van der Waals surface area contributed by atoms with E-state index in [1.807, 2.05) is 0 Å². The fourth-order valence-corrected chi connectivity index (χ4v) is 2.00. The van der Waals surface area contributed by atoms with Gasteiger partial charge in [0.05, 0.1) is 17.1 Å². The van der Waals surface area contributed by atoms with Crippen LogP contribution in [0.25, 0.3) is 0 Å². The zero-order valence-corrected chi connectivity index (χ0v) is 12.5. The molecule has 0 aliphatic heterocycles. The van der Waals surface area contributed by atoms with Gasteiger partial charge in [-0.05, 0) is 34.1 Å². The second-order valence-electron chi connectivity index (χ2n) is 4.03. The first-order valence-corrected chi connectivity index (χ1v) is 6.53. The second-order valence-corrected chi connectivity index (χ2v) is 4.88. The summed E-state index contributed by atoms with van der Waals surface area (Å²) in [7, 11) is 3.09. The molecule has 20 heavy (non-hydrogen) atoms. The number of pyridine rings is 1. The Morgan fingerprint density at radius 3 is 2.70 bits per heavy atom. The van der Waals surface area contributed by atoms with Gasteiger partial charge in [-0.1, -0.05) is 6.07 Å². The van der Waals surface area contributed by atoms with Gasteiger partial charge in [0.2, 0.25) is 0 Å². The van der Waals surface area contributed by atoms with Crippen molar-refractivity contribution in [3.05, 3.63) is 56.9 Å². The fraction of sp³-hybridized carbons (Fsp3) is 0.143. The lowest BCUT2D eigenvalue weighted by Gasteiger charge is -2.10. The smallest absolute Gasteiger partial charge is 0.343 e. The summed E-state index contributed by atoms with van der Waals surface area (Å²) in [5.74, 6) is 0.0881. The van der Waals surface area contributed by atoms with Crippen LogP contribution >= 0.6 is 15.9 Å². The van der Waals surface area contributed by atoms with Crippen molar-refractivity contribution >= 4 is 21.9 Å². The molecular formula is C14H12BrNO4. The number of hydrogen-bond acceptors (Lipinski definition) is 4. The van der Waals surface area contributed by atoms with Crippen molar-refractivity contribution in [2.75, 3.05) is 7.11 Å². The number of halogens is 1. The average Bonchev–Trinajstić information content (AvgIpc) is 2.44. The van der Waals surface area contributed by atoms with Gasteiger partial charge in [0.15, 0.2) is 11.5 Å². The van der Waals surface area contributed by atoms with E-state index < -0.39 is 5.97 Å². The topological polar surface area (TPSA) is 57.5 Å². The van der Waals surface area contributed by atoms with Crippen LogP contribution in [-0.2, 0) is 7.05 Å². The molecule has 0 aliphatic carbocycles. The SMILES string of the molecule is COc1cccc(Br)c1OC(=O)c1ccn(C)c(=O)c1. The number of ether oxygens (including phenoxy) is 2. The Balaban J connectivity index is 2.32. The van der Waals surface area contributed by atoms with Gasteiger partial charge < -0.3 is 14.0 Å². The highest BCUT2D eigenvalue weighted by Gasteiger charge is 2.15. The number of aryl methyl sites for hydroxylation is 1. The largest absolute Gasteiger partial charge is 0.493 e.